The van der Waals surface area contributed by atoms with Crippen molar-refractivity contribution in [2.24, 2.45) is 5.92 Å². The van der Waals surface area contributed by atoms with Crippen molar-refractivity contribution in [3.8, 4) is 0 Å². The van der Waals surface area contributed by atoms with Crippen LogP contribution < -0.4 is 0 Å². The molecule has 4 nitrogen and oxygen atoms in total. The Hall–Kier alpha value is -0.160. The molecule has 0 aromatic rings. The molecule has 4 heteroatoms. The fourth-order valence-corrected chi connectivity index (χ4v) is 2.13. The molecule has 82 valence electrons. The van der Waals surface area contributed by atoms with Gasteiger partial charge < -0.3 is 14.9 Å². The topological polar surface area (TPSA) is 52.9 Å². The monoisotopic (exact) mass is 201 g/mol. The Morgan fingerprint density at radius 1 is 1.29 bits per heavy atom. The molecule has 2 rings (SSSR count). The number of aliphatic hydroxyl groups is 2. The number of aliphatic hydroxyl groups excluding tert-OH is 1. The van der Waals surface area contributed by atoms with E-state index in [9.17, 15) is 5.11 Å². The molecule has 1 saturated heterocycles. The molecular weight excluding hydrogens is 182 g/mol. The first kappa shape index (κ1) is 10.4. The molecule has 0 spiro atoms. The van der Waals surface area contributed by atoms with E-state index in [1.54, 1.807) is 0 Å². The van der Waals surface area contributed by atoms with Gasteiger partial charge in [0.15, 0.2) is 0 Å². The maximum absolute atomic E-state index is 10.0. The molecule has 1 aliphatic carbocycles. The van der Waals surface area contributed by atoms with Gasteiger partial charge in [0, 0.05) is 19.6 Å². The summed E-state index contributed by atoms with van der Waals surface area (Å²) in [6, 6.07) is 0. The van der Waals surface area contributed by atoms with E-state index >= 15 is 0 Å². The maximum atomic E-state index is 10.0. The van der Waals surface area contributed by atoms with Crippen LogP contribution >= 0.6 is 0 Å². The standard InChI is InChI=1S/C10H19NO3/c12-4-6-14-5-3-11-7-10(13,8-11)9-1-2-9/h9,12-13H,1-8H2. The van der Waals surface area contributed by atoms with Gasteiger partial charge in [0.25, 0.3) is 0 Å². The molecule has 1 aliphatic heterocycles. The molecule has 2 aliphatic rings. The van der Waals surface area contributed by atoms with Crippen LogP contribution in [0.1, 0.15) is 12.8 Å². The van der Waals surface area contributed by atoms with Gasteiger partial charge in [-0.3, -0.25) is 4.90 Å². The number of rotatable bonds is 6. The van der Waals surface area contributed by atoms with Crippen LogP contribution in [0.2, 0.25) is 0 Å². The van der Waals surface area contributed by atoms with E-state index in [4.69, 9.17) is 9.84 Å². The lowest BCUT2D eigenvalue weighted by atomic mass is 9.89. The summed E-state index contributed by atoms with van der Waals surface area (Å²) in [7, 11) is 0. The van der Waals surface area contributed by atoms with Gasteiger partial charge in [0.1, 0.15) is 0 Å². The summed E-state index contributed by atoms with van der Waals surface area (Å²) < 4.78 is 5.16. The second kappa shape index (κ2) is 4.14. The van der Waals surface area contributed by atoms with Crippen molar-refractivity contribution in [3.05, 3.63) is 0 Å². The van der Waals surface area contributed by atoms with E-state index in [-0.39, 0.29) is 12.2 Å². The number of ether oxygens (including phenoxy) is 1. The third kappa shape index (κ3) is 2.25. The highest BCUT2D eigenvalue weighted by Crippen LogP contribution is 2.44. The largest absolute Gasteiger partial charge is 0.394 e. The van der Waals surface area contributed by atoms with Gasteiger partial charge in [-0.2, -0.15) is 0 Å². The molecule has 0 unspecified atom stereocenters. The quantitative estimate of drug-likeness (QED) is 0.566. The van der Waals surface area contributed by atoms with Gasteiger partial charge in [-0.05, 0) is 18.8 Å². The van der Waals surface area contributed by atoms with Crippen LogP contribution in [0.25, 0.3) is 0 Å². The molecule has 1 saturated carbocycles. The average molecular weight is 201 g/mol. The van der Waals surface area contributed by atoms with E-state index in [0.717, 1.165) is 19.6 Å². The lowest BCUT2D eigenvalue weighted by Gasteiger charge is -2.47. The van der Waals surface area contributed by atoms with Crippen molar-refractivity contribution in [3.63, 3.8) is 0 Å². The van der Waals surface area contributed by atoms with E-state index in [0.29, 0.717) is 19.1 Å². The van der Waals surface area contributed by atoms with E-state index < -0.39 is 0 Å². The van der Waals surface area contributed by atoms with Crippen LogP contribution in [0, 0.1) is 5.92 Å². The zero-order valence-electron chi connectivity index (χ0n) is 8.48. The van der Waals surface area contributed by atoms with Crippen molar-refractivity contribution < 1.29 is 14.9 Å². The molecule has 0 amide bonds. The first-order valence-electron chi connectivity index (χ1n) is 5.38. The van der Waals surface area contributed by atoms with E-state index in [1.807, 2.05) is 0 Å². The fraction of sp³-hybridized carbons (Fsp3) is 1.00. The van der Waals surface area contributed by atoms with Gasteiger partial charge in [-0.1, -0.05) is 0 Å². The second-order valence-corrected chi connectivity index (χ2v) is 4.42. The Labute approximate surface area is 84.5 Å². The minimum atomic E-state index is -0.378. The van der Waals surface area contributed by atoms with Gasteiger partial charge in [0.2, 0.25) is 0 Å². The molecule has 0 aromatic heterocycles. The molecular formula is C10H19NO3. The molecule has 2 N–H and O–H groups in total. The van der Waals surface area contributed by atoms with Crippen molar-refractivity contribution in [2.45, 2.75) is 18.4 Å². The lowest BCUT2D eigenvalue weighted by molar-refractivity contribution is -0.118. The number of nitrogens with zero attached hydrogens (tertiary/aromatic N) is 1. The summed E-state index contributed by atoms with van der Waals surface area (Å²) in [5.74, 6) is 0.567. The molecule has 2 fully saturated rings. The van der Waals surface area contributed by atoms with Crippen LogP contribution in [-0.4, -0.2) is 60.2 Å². The van der Waals surface area contributed by atoms with Gasteiger partial charge in [-0.15, -0.1) is 0 Å². The Morgan fingerprint density at radius 2 is 2.00 bits per heavy atom. The predicted octanol–water partition coefficient (Wildman–Crippen LogP) is -0.548. The maximum Gasteiger partial charge on any atom is 0.0928 e. The van der Waals surface area contributed by atoms with E-state index in [2.05, 4.69) is 4.90 Å². The third-order valence-corrected chi connectivity index (χ3v) is 3.12. The molecule has 1 heterocycles. The lowest BCUT2D eigenvalue weighted by Crippen LogP contribution is -2.63. The number of β-amino-alcohol motifs (C(OH)–C–C–N with tert-alkyl or cyclic N) is 1. The summed E-state index contributed by atoms with van der Waals surface area (Å²) >= 11 is 0. The smallest absolute Gasteiger partial charge is 0.0928 e. The third-order valence-electron chi connectivity index (χ3n) is 3.12. The van der Waals surface area contributed by atoms with Gasteiger partial charge >= 0.3 is 0 Å². The Bertz CT molecular complexity index is 188. The van der Waals surface area contributed by atoms with Crippen molar-refractivity contribution >= 4 is 0 Å². The fourth-order valence-electron chi connectivity index (χ4n) is 2.13. The van der Waals surface area contributed by atoms with Gasteiger partial charge in [-0.25, -0.2) is 0 Å². The summed E-state index contributed by atoms with van der Waals surface area (Å²) in [6.45, 7) is 3.64. The molecule has 0 bridgehead atoms. The first-order chi connectivity index (χ1) is 6.74. The first-order valence-corrected chi connectivity index (χ1v) is 5.38. The minimum Gasteiger partial charge on any atom is -0.394 e. The highest BCUT2D eigenvalue weighted by molar-refractivity contribution is 5.05. The minimum absolute atomic E-state index is 0.0893. The van der Waals surface area contributed by atoms with Crippen LogP contribution in [0.5, 0.6) is 0 Å². The Kier molecular flexibility index (Phi) is 3.07. The summed E-state index contributed by atoms with van der Waals surface area (Å²) in [5.41, 5.74) is -0.378. The Morgan fingerprint density at radius 3 is 2.57 bits per heavy atom. The van der Waals surface area contributed by atoms with Crippen molar-refractivity contribution in [1.82, 2.24) is 4.90 Å². The highest BCUT2D eigenvalue weighted by atomic mass is 16.5. The molecule has 14 heavy (non-hydrogen) atoms. The van der Waals surface area contributed by atoms with Crippen molar-refractivity contribution in [1.29, 1.82) is 0 Å². The zero-order valence-corrected chi connectivity index (χ0v) is 8.48. The van der Waals surface area contributed by atoms with E-state index in [1.165, 1.54) is 12.8 Å². The van der Waals surface area contributed by atoms with Crippen LogP contribution in [0.3, 0.4) is 0 Å². The van der Waals surface area contributed by atoms with Crippen LogP contribution in [-0.2, 0) is 4.74 Å². The Balaban J connectivity index is 1.54. The van der Waals surface area contributed by atoms with Crippen LogP contribution in [0.15, 0.2) is 0 Å². The summed E-state index contributed by atoms with van der Waals surface area (Å²) in [6.07, 6.45) is 2.40. The van der Waals surface area contributed by atoms with Crippen LogP contribution in [0.4, 0.5) is 0 Å². The van der Waals surface area contributed by atoms with Gasteiger partial charge in [0.05, 0.1) is 25.4 Å². The normalized spacial score (nSPS) is 26.1. The predicted molar refractivity (Wildman–Crippen MR) is 52.0 cm³/mol. The highest BCUT2D eigenvalue weighted by Gasteiger charge is 2.51. The average Bonchev–Trinajstić information content (AvgIpc) is 2.91. The second-order valence-electron chi connectivity index (χ2n) is 4.42. The number of hydrogen-bond acceptors (Lipinski definition) is 4. The summed E-state index contributed by atoms with van der Waals surface area (Å²) in [5, 5.41) is 18.5. The number of hydrogen-bond donors (Lipinski definition) is 2. The number of likely N-dealkylation sites (tertiary alicyclic amines) is 1. The van der Waals surface area contributed by atoms with Crippen molar-refractivity contribution in [2.75, 3.05) is 39.5 Å². The summed E-state index contributed by atoms with van der Waals surface area (Å²) in [4.78, 5) is 2.20. The molecule has 0 atom stereocenters. The molecule has 0 aromatic carbocycles. The molecule has 0 radical (unpaired) electrons. The SMILES string of the molecule is OCCOCCN1CC(O)(C2CC2)C1. The zero-order chi connectivity index (χ0) is 10.0.